The van der Waals surface area contributed by atoms with Crippen molar-refractivity contribution in [3.63, 3.8) is 0 Å². The molecule has 0 radical (unpaired) electrons. The van der Waals surface area contributed by atoms with Crippen molar-refractivity contribution < 1.29 is 0 Å². The van der Waals surface area contributed by atoms with E-state index in [0.29, 0.717) is 5.56 Å². The summed E-state index contributed by atoms with van der Waals surface area (Å²) in [5.74, 6) is 0. The van der Waals surface area contributed by atoms with Crippen molar-refractivity contribution >= 4 is 11.4 Å². The predicted octanol–water partition coefficient (Wildman–Crippen LogP) is 3.33. The van der Waals surface area contributed by atoms with Gasteiger partial charge in [-0.2, -0.15) is 0 Å². The van der Waals surface area contributed by atoms with Crippen LogP contribution in [0.3, 0.4) is 0 Å². The Kier molecular flexibility index (Phi) is 3.07. The highest BCUT2D eigenvalue weighted by Crippen LogP contribution is 2.28. The molecule has 22 heavy (non-hydrogen) atoms. The smallest absolute Gasteiger partial charge is 0.258 e. The molecule has 4 heteroatoms. The van der Waals surface area contributed by atoms with Crippen LogP contribution in [0.4, 0.5) is 5.69 Å². The number of fused-ring (bicyclic) bond motifs is 2. The van der Waals surface area contributed by atoms with E-state index in [0.717, 1.165) is 47.6 Å². The standard InChI is InChI=1S/C18H15N3O/c22-18-17(12-6-2-1-3-7-13(12)21-18)16-9-4-8-14-15(20-16)10-5-11-19-14/h1-3,5-7,10-11H,4,8-9H2,(H,21,22). The molecular formula is C18H15N3O. The minimum absolute atomic E-state index is 0.0627. The lowest BCUT2D eigenvalue weighted by Gasteiger charge is -2.03. The van der Waals surface area contributed by atoms with Crippen LogP contribution in [0, 0.1) is 0 Å². The van der Waals surface area contributed by atoms with Crippen molar-refractivity contribution in [3.8, 4) is 11.3 Å². The zero-order chi connectivity index (χ0) is 14.9. The number of rotatable bonds is 1. The van der Waals surface area contributed by atoms with Crippen LogP contribution in [-0.4, -0.2) is 15.7 Å². The molecule has 108 valence electrons. The topological polar surface area (TPSA) is 58.1 Å². The van der Waals surface area contributed by atoms with Gasteiger partial charge < -0.3 is 4.98 Å². The summed E-state index contributed by atoms with van der Waals surface area (Å²) in [6.45, 7) is 0. The molecule has 0 amide bonds. The third-order valence-electron chi connectivity index (χ3n) is 4.02. The molecule has 0 aromatic carbocycles. The van der Waals surface area contributed by atoms with Gasteiger partial charge in [0.2, 0.25) is 0 Å². The Balaban J connectivity index is 1.92. The van der Waals surface area contributed by atoms with Gasteiger partial charge in [-0.05, 0) is 37.5 Å². The van der Waals surface area contributed by atoms with Crippen LogP contribution in [0.25, 0.3) is 11.3 Å². The monoisotopic (exact) mass is 289 g/mol. The van der Waals surface area contributed by atoms with Gasteiger partial charge >= 0.3 is 0 Å². The fourth-order valence-electron chi connectivity index (χ4n) is 3.00. The number of nitrogens with one attached hydrogen (secondary N) is 1. The number of H-pyrrole nitrogens is 1. The van der Waals surface area contributed by atoms with Gasteiger partial charge in [0, 0.05) is 17.5 Å². The highest BCUT2D eigenvalue weighted by atomic mass is 16.1. The molecule has 0 fully saturated rings. The molecule has 0 atom stereocenters. The lowest BCUT2D eigenvalue weighted by Crippen LogP contribution is -2.12. The molecule has 0 unspecified atom stereocenters. The van der Waals surface area contributed by atoms with E-state index in [1.165, 1.54) is 0 Å². The predicted molar refractivity (Wildman–Crippen MR) is 87.1 cm³/mol. The van der Waals surface area contributed by atoms with Crippen molar-refractivity contribution in [1.82, 2.24) is 9.97 Å². The summed E-state index contributed by atoms with van der Waals surface area (Å²) in [6, 6.07) is 13.6. The molecule has 0 spiro atoms. The Hall–Kier alpha value is -2.75. The fourth-order valence-corrected chi connectivity index (χ4v) is 3.00. The molecule has 3 aliphatic rings. The Morgan fingerprint density at radius 3 is 2.86 bits per heavy atom. The van der Waals surface area contributed by atoms with E-state index in [1.54, 1.807) is 6.20 Å². The number of aryl methyl sites for hydroxylation is 1. The minimum Gasteiger partial charge on any atom is -0.321 e. The summed E-state index contributed by atoms with van der Waals surface area (Å²) in [5, 5.41) is 0. The molecular weight excluding hydrogens is 274 g/mol. The van der Waals surface area contributed by atoms with Crippen molar-refractivity contribution in [2.24, 2.45) is 4.99 Å². The first kappa shape index (κ1) is 13.0. The number of nitrogens with zero attached hydrogens (tertiary/aromatic N) is 2. The van der Waals surface area contributed by atoms with Crippen LogP contribution in [0.2, 0.25) is 0 Å². The quantitative estimate of drug-likeness (QED) is 0.747. The highest BCUT2D eigenvalue weighted by Gasteiger charge is 2.21. The average molecular weight is 289 g/mol. The van der Waals surface area contributed by atoms with Crippen LogP contribution in [0.15, 0.2) is 58.4 Å². The summed E-state index contributed by atoms with van der Waals surface area (Å²) >= 11 is 0. The molecule has 1 aliphatic carbocycles. The van der Waals surface area contributed by atoms with Gasteiger partial charge in [-0.3, -0.25) is 14.8 Å². The van der Waals surface area contributed by atoms with Gasteiger partial charge in [0.1, 0.15) is 0 Å². The summed E-state index contributed by atoms with van der Waals surface area (Å²) in [4.78, 5) is 24.5. The number of aliphatic imine (C=N–C) groups is 1. The number of hydrogen-bond donors (Lipinski definition) is 1. The summed E-state index contributed by atoms with van der Waals surface area (Å²) in [5.41, 5.74) is 5.16. The minimum atomic E-state index is -0.0627. The second kappa shape index (κ2) is 5.22. The second-order valence-corrected chi connectivity index (χ2v) is 5.45. The molecule has 2 aliphatic heterocycles. The summed E-state index contributed by atoms with van der Waals surface area (Å²) in [6.07, 6.45) is 4.43. The van der Waals surface area contributed by atoms with Gasteiger partial charge in [-0.25, -0.2) is 0 Å². The van der Waals surface area contributed by atoms with Gasteiger partial charge in [0.25, 0.3) is 5.56 Å². The Labute approximate surface area is 127 Å². The number of aromatic nitrogens is 2. The third-order valence-corrected chi connectivity index (χ3v) is 4.02. The third kappa shape index (κ3) is 2.13. The zero-order valence-corrected chi connectivity index (χ0v) is 12.0. The van der Waals surface area contributed by atoms with Crippen LogP contribution in [0.1, 0.15) is 24.1 Å². The Bertz CT molecular complexity index is 895. The highest BCUT2D eigenvalue weighted by molar-refractivity contribution is 6.07. The van der Waals surface area contributed by atoms with Gasteiger partial charge in [-0.15, -0.1) is 0 Å². The largest absolute Gasteiger partial charge is 0.321 e. The molecule has 1 aromatic heterocycles. The Morgan fingerprint density at radius 2 is 1.91 bits per heavy atom. The van der Waals surface area contributed by atoms with Crippen LogP contribution < -0.4 is 5.56 Å². The van der Waals surface area contributed by atoms with E-state index in [9.17, 15) is 4.79 Å². The molecule has 4 rings (SSSR count). The SMILES string of the molecule is O=c1[nH]c2cccccc-2c1C1=Nc2cccnc2CCC1. The maximum Gasteiger partial charge on any atom is 0.258 e. The Morgan fingerprint density at radius 1 is 1.00 bits per heavy atom. The average Bonchev–Trinajstić information content (AvgIpc) is 2.72. The maximum atomic E-state index is 12.4. The first-order valence-electron chi connectivity index (χ1n) is 7.46. The first-order chi connectivity index (χ1) is 10.8. The van der Waals surface area contributed by atoms with E-state index in [-0.39, 0.29) is 5.56 Å². The van der Waals surface area contributed by atoms with E-state index < -0.39 is 0 Å². The molecule has 3 heterocycles. The van der Waals surface area contributed by atoms with Gasteiger partial charge in [0.05, 0.1) is 22.7 Å². The van der Waals surface area contributed by atoms with Crippen LogP contribution >= 0.6 is 0 Å². The van der Waals surface area contributed by atoms with Crippen molar-refractivity contribution in [1.29, 1.82) is 0 Å². The van der Waals surface area contributed by atoms with Crippen molar-refractivity contribution in [2.45, 2.75) is 19.3 Å². The van der Waals surface area contributed by atoms with Crippen molar-refractivity contribution in [3.05, 3.63) is 70.3 Å². The van der Waals surface area contributed by atoms with E-state index >= 15 is 0 Å². The lowest BCUT2D eigenvalue weighted by molar-refractivity contribution is 0.850. The molecule has 0 saturated heterocycles. The maximum absolute atomic E-state index is 12.4. The normalized spacial score (nSPS) is 14.3. The number of aromatic amines is 1. The van der Waals surface area contributed by atoms with E-state index in [4.69, 9.17) is 4.99 Å². The van der Waals surface area contributed by atoms with Crippen molar-refractivity contribution in [2.75, 3.05) is 0 Å². The molecule has 0 bridgehead atoms. The van der Waals surface area contributed by atoms with Gasteiger partial charge in [0.15, 0.2) is 0 Å². The molecule has 4 nitrogen and oxygen atoms in total. The van der Waals surface area contributed by atoms with E-state index in [2.05, 4.69) is 9.97 Å². The van der Waals surface area contributed by atoms with Crippen LogP contribution in [-0.2, 0) is 6.42 Å². The number of pyridine rings is 1. The molecule has 1 aromatic rings. The zero-order valence-electron chi connectivity index (χ0n) is 12.0. The number of hydrogen-bond acceptors (Lipinski definition) is 3. The van der Waals surface area contributed by atoms with E-state index in [1.807, 2.05) is 42.5 Å². The van der Waals surface area contributed by atoms with Crippen LogP contribution in [0.5, 0.6) is 0 Å². The fraction of sp³-hybridized carbons (Fsp3) is 0.167. The second-order valence-electron chi connectivity index (χ2n) is 5.45. The molecule has 0 saturated carbocycles. The summed E-state index contributed by atoms with van der Waals surface area (Å²) < 4.78 is 0. The van der Waals surface area contributed by atoms with Gasteiger partial charge in [-0.1, -0.05) is 24.3 Å². The molecule has 1 N–H and O–H groups in total. The first-order valence-corrected chi connectivity index (χ1v) is 7.46. The lowest BCUT2D eigenvalue weighted by atomic mass is 10.0. The summed E-state index contributed by atoms with van der Waals surface area (Å²) in [7, 11) is 0.